The predicted molar refractivity (Wildman–Crippen MR) is 90.7 cm³/mol. The SMILES string of the molecule is O=C(CN(C1=NCCCC1)c1ccccc1)c1ccccc1. The van der Waals surface area contributed by atoms with Crippen LogP contribution in [-0.4, -0.2) is 24.7 Å². The summed E-state index contributed by atoms with van der Waals surface area (Å²) < 4.78 is 0. The van der Waals surface area contributed by atoms with Crippen molar-refractivity contribution in [2.24, 2.45) is 4.99 Å². The lowest BCUT2D eigenvalue weighted by molar-refractivity contribution is 0.100. The van der Waals surface area contributed by atoms with E-state index < -0.39 is 0 Å². The zero-order chi connectivity index (χ0) is 15.2. The lowest BCUT2D eigenvalue weighted by Crippen LogP contribution is -2.37. The van der Waals surface area contributed by atoms with Gasteiger partial charge in [-0.3, -0.25) is 9.79 Å². The maximum Gasteiger partial charge on any atom is 0.182 e. The van der Waals surface area contributed by atoms with Crippen molar-refractivity contribution >= 4 is 17.3 Å². The highest BCUT2D eigenvalue weighted by Gasteiger charge is 2.19. The van der Waals surface area contributed by atoms with E-state index in [9.17, 15) is 4.79 Å². The first-order valence-corrected chi connectivity index (χ1v) is 7.79. The van der Waals surface area contributed by atoms with Gasteiger partial charge in [-0.1, -0.05) is 48.5 Å². The predicted octanol–water partition coefficient (Wildman–Crippen LogP) is 3.96. The number of aliphatic imine (C=N–C) groups is 1. The number of carbonyl (C=O) groups is 1. The lowest BCUT2D eigenvalue weighted by atomic mass is 10.1. The van der Waals surface area contributed by atoms with Crippen molar-refractivity contribution in [3.8, 4) is 0 Å². The van der Waals surface area contributed by atoms with Gasteiger partial charge in [0.15, 0.2) is 5.78 Å². The number of hydrogen-bond acceptors (Lipinski definition) is 3. The number of benzene rings is 2. The second-order valence-corrected chi connectivity index (χ2v) is 5.47. The number of anilines is 1. The Kier molecular flexibility index (Phi) is 4.64. The van der Waals surface area contributed by atoms with E-state index in [1.165, 1.54) is 0 Å². The lowest BCUT2D eigenvalue weighted by Gasteiger charge is -2.27. The summed E-state index contributed by atoms with van der Waals surface area (Å²) in [5.41, 5.74) is 1.78. The molecule has 1 aliphatic heterocycles. The molecule has 0 radical (unpaired) electrons. The molecule has 2 aromatic rings. The van der Waals surface area contributed by atoms with Gasteiger partial charge in [-0.2, -0.15) is 0 Å². The number of nitrogens with zero attached hydrogens (tertiary/aromatic N) is 2. The summed E-state index contributed by atoms with van der Waals surface area (Å²) in [5, 5.41) is 0. The molecule has 0 aromatic heterocycles. The average Bonchev–Trinajstić information content (AvgIpc) is 2.62. The summed E-state index contributed by atoms with van der Waals surface area (Å²) in [6.07, 6.45) is 3.22. The van der Waals surface area contributed by atoms with Gasteiger partial charge in [0.1, 0.15) is 5.84 Å². The topological polar surface area (TPSA) is 32.7 Å². The van der Waals surface area contributed by atoms with Gasteiger partial charge in [0.2, 0.25) is 0 Å². The van der Waals surface area contributed by atoms with Crippen LogP contribution in [0.4, 0.5) is 5.69 Å². The molecule has 0 N–H and O–H groups in total. The summed E-state index contributed by atoms with van der Waals surface area (Å²) in [6, 6.07) is 19.5. The summed E-state index contributed by atoms with van der Waals surface area (Å²) in [4.78, 5) is 19.3. The Morgan fingerprint density at radius 1 is 0.955 bits per heavy atom. The zero-order valence-electron chi connectivity index (χ0n) is 12.6. The summed E-state index contributed by atoms with van der Waals surface area (Å²) in [5.74, 6) is 1.15. The molecule has 3 rings (SSSR count). The number of ketones is 1. The maximum atomic E-state index is 12.6. The van der Waals surface area contributed by atoms with E-state index in [-0.39, 0.29) is 5.78 Å². The normalized spacial score (nSPS) is 14.3. The molecule has 0 unspecified atom stereocenters. The average molecular weight is 292 g/mol. The van der Waals surface area contributed by atoms with Crippen molar-refractivity contribution in [2.45, 2.75) is 19.3 Å². The van der Waals surface area contributed by atoms with Crippen molar-refractivity contribution in [1.29, 1.82) is 0 Å². The fraction of sp³-hybridized carbons (Fsp3) is 0.263. The first-order valence-electron chi connectivity index (χ1n) is 7.79. The Morgan fingerprint density at radius 3 is 2.27 bits per heavy atom. The highest BCUT2D eigenvalue weighted by Crippen LogP contribution is 2.19. The Hall–Kier alpha value is -2.42. The van der Waals surface area contributed by atoms with E-state index >= 15 is 0 Å². The molecule has 0 spiro atoms. The number of hydrogen-bond donors (Lipinski definition) is 0. The van der Waals surface area contributed by atoms with Crippen LogP contribution in [0.5, 0.6) is 0 Å². The van der Waals surface area contributed by atoms with Gasteiger partial charge in [0.25, 0.3) is 0 Å². The summed E-state index contributed by atoms with van der Waals surface area (Å²) >= 11 is 0. The van der Waals surface area contributed by atoms with Crippen LogP contribution in [0, 0.1) is 0 Å². The molecular formula is C19H20N2O. The summed E-state index contributed by atoms with van der Waals surface area (Å²) in [7, 11) is 0. The minimum absolute atomic E-state index is 0.123. The molecule has 0 saturated carbocycles. The van der Waals surface area contributed by atoms with Gasteiger partial charge in [0.05, 0.1) is 6.54 Å². The van der Waals surface area contributed by atoms with Crippen LogP contribution in [0.25, 0.3) is 0 Å². The van der Waals surface area contributed by atoms with Crippen LogP contribution in [0.3, 0.4) is 0 Å². The molecule has 3 heteroatoms. The monoisotopic (exact) mass is 292 g/mol. The highest BCUT2D eigenvalue weighted by atomic mass is 16.1. The van der Waals surface area contributed by atoms with Crippen molar-refractivity contribution in [2.75, 3.05) is 18.0 Å². The molecule has 0 fully saturated rings. The fourth-order valence-electron chi connectivity index (χ4n) is 2.70. The third-order valence-electron chi connectivity index (χ3n) is 3.88. The zero-order valence-corrected chi connectivity index (χ0v) is 12.6. The third kappa shape index (κ3) is 3.42. The van der Waals surface area contributed by atoms with Crippen LogP contribution in [0.2, 0.25) is 0 Å². The molecule has 0 atom stereocenters. The van der Waals surface area contributed by atoms with E-state index in [1.54, 1.807) is 0 Å². The maximum absolute atomic E-state index is 12.6. The van der Waals surface area contributed by atoms with Crippen LogP contribution in [0.15, 0.2) is 65.7 Å². The Balaban J connectivity index is 1.86. The first kappa shape index (κ1) is 14.5. The molecule has 112 valence electrons. The molecule has 0 saturated heterocycles. The smallest absolute Gasteiger partial charge is 0.182 e. The van der Waals surface area contributed by atoms with E-state index in [0.717, 1.165) is 42.9 Å². The van der Waals surface area contributed by atoms with E-state index in [0.29, 0.717) is 6.54 Å². The molecule has 22 heavy (non-hydrogen) atoms. The number of para-hydroxylation sites is 1. The van der Waals surface area contributed by atoms with Gasteiger partial charge in [-0.15, -0.1) is 0 Å². The van der Waals surface area contributed by atoms with Gasteiger partial charge in [-0.05, 0) is 25.0 Å². The van der Waals surface area contributed by atoms with Crippen molar-refractivity contribution < 1.29 is 4.79 Å². The molecule has 3 nitrogen and oxygen atoms in total. The molecule has 1 heterocycles. The van der Waals surface area contributed by atoms with Crippen molar-refractivity contribution in [1.82, 2.24) is 0 Å². The van der Waals surface area contributed by atoms with E-state index in [1.807, 2.05) is 60.7 Å². The number of amidine groups is 1. The minimum atomic E-state index is 0.123. The number of carbonyl (C=O) groups excluding carboxylic acids is 1. The molecule has 2 aromatic carbocycles. The van der Waals surface area contributed by atoms with Crippen molar-refractivity contribution in [3.63, 3.8) is 0 Å². The van der Waals surface area contributed by atoms with Crippen LogP contribution >= 0.6 is 0 Å². The Labute approximate surface area is 131 Å². The molecule has 0 bridgehead atoms. The van der Waals surface area contributed by atoms with E-state index in [2.05, 4.69) is 9.89 Å². The highest BCUT2D eigenvalue weighted by molar-refractivity contribution is 6.07. The standard InChI is InChI=1S/C19H20N2O/c22-18(16-9-3-1-4-10-16)15-21(17-11-5-2-6-12-17)19-13-7-8-14-20-19/h1-6,9-12H,7-8,13-15H2. The van der Waals surface area contributed by atoms with E-state index in [4.69, 9.17) is 0 Å². The third-order valence-corrected chi connectivity index (χ3v) is 3.88. The van der Waals surface area contributed by atoms with Gasteiger partial charge >= 0.3 is 0 Å². The van der Waals surface area contributed by atoms with Crippen molar-refractivity contribution in [3.05, 3.63) is 66.2 Å². The molecule has 0 amide bonds. The fourth-order valence-corrected chi connectivity index (χ4v) is 2.70. The van der Waals surface area contributed by atoms with Crippen LogP contribution < -0.4 is 4.90 Å². The quantitative estimate of drug-likeness (QED) is 0.799. The second-order valence-electron chi connectivity index (χ2n) is 5.47. The second kappa shape index (κ2) is 7.03. The molecule has 1 aliphatic rings. The first-order chi connectivity index (χ1) is 10.8. The molecular weight excluding hydrogens is 272 g/mol. The van der Waals surface area contributed by atoms with Crippen LogP contribution in [-0.2, 0) is 0 Å². The number of Topliss-reactive ketones (excluding diaryl/α,β-unsaturated/α-hetero) is 1. The van der Waals surface area contributed by atoms with Gasteiger partial charge in [0, 0.05) is 24.2 Å². The Morgan fingerprint density at radius 2 is 1.64 bits per heavy atom. The largest absolute Gasteiger partial charge is 0.322 e. The van der Waals surface area contributed by atoms with Crippen LogP contribution in [0.1, 0.15) is 29.6 Å². The minimum Gasteiger partial charge on any atom is -0.322 e. The van der Waals surface area contributed by atoms with Gasteiger partial charge in [-0.25, -0.2) is 0 Å². The Bertz CT molecular complexity index is 650. The summed E-state index contributed by atoms with van der Waals surface area (Å²) in [6.45, 7) is 1.20. The number of rotatable bonds is 4. The van der Waals surface area contributed by atoms with Gasteiger partial charge < -0.3 is 4.90 Å². The molecule has 0 aliphatic carbocycles.